The third-order valence-corrected chi connectivity index (χ3v) is 2.03. The number of rotatable bonds is 3. The van der Waals surface area contributed by atoms with Crippen LogP contribution in [0.4, 0.5) is 0 Å². The van der Waals surface area contributed by atoms with Crippen LogP contribution in [0, 0.1) is 0 Å². The Hall–Kier alpha value is -0.790. The maximum absolute atomic E-state index is 5.79. The van der Waals surface area contributed by atoms with E-state index in [9.17, 15) is 0 Å². The molecule has 0 unspecified atom stereocenters. The summed E-state index contributed by atoms with van der Waals surface area (Å²) in [6.45, 7) is 12.1. The van der Waals surface area contributed by atoms with Crippen molar-refractivity contribution in [2.45, 2.75) is 27.7 Å². The van der Waals surface area contributed by atoms with Gasteiger partial charge in [0.15, 0.2) is 0 Å². The Morgan fingerprint density at radius 2 is 1.80 bits per heavy atom. The predicted octanol–water partition coefficient (Wildman–Crippen LogP) is 4.17. The molecule has 86 valence electrons. The van der Waals surface area contributed by atoms with E-state index in [0.29, 0.717) is 11.6 Å². The third kappa shape index (κ3) is 11.1. The van der Waals surface area contributed by atoms with Crippen molar-refractivity contribution in [3.63, 3.8) is 0 Å². The first-order valence-corrected chi connectivity index (χ1v) is 5.34. The minimum absolute atomic E-state index is 0.437. The second-order valence-electron chi connectivity index (χ2n) is 3.15. The number of hydrogen-bond donors (Lipinski definition) is 1. The van der Waals surface area contributed by atoms with Gasteiger partial charge < -0.3 is 5.73 Å². The Bertz CT molecular complexity index is 256. The molecular formula is C13H22ClN. The highest BCUT2D eigenvalue weighted by Crippen LogP contribution is 2.10. The van der Waals surface area contributed by atoms with Crippen LogP contribution in [0.1, 0.15) is 27.7 Å². The van der Waals surface area contributed by atoms with Crippen molar-refractivity contribution < 1.29 is 0 Å². The molecule has 0 heterocycles. The minimum atomic E-state index is 0.437. The molecule has 0 rings (SSSR count). The topological polar surface area (TPSA) is 26.0 Å². The molecular weight excluding hydrogens is 206 g/mol. The first-order valence-electron chi connectivity index (χ1n) is 4.96. The van der Waals surface area contributed by atoms with Crippen LogP contribution in [0.15, 0.2) is 47.1 Å². The molecule has 0 aromatic heterocycles. The molecule has 0 saturated carbocycles. The van der Waals surface area contributed by atoms with Gasteiger partial charge in [-0.2, -0.15) is 0 Å². The molecule has 0 amide bonds. The molecule has 15 heavy (non-hydrogen) atoms. The fraction of sp³-hybridized carbons (Fsp3) is 0.385. The van der Waals surface area contributed by atoms with Gasteiger partial charge in [-0.1, -0.05) is 42.0 Å². The summed E-state index contributed by atoms with van der Waals surface area (Å²) >= 11 is 5.79. The predicted molar refractivity (Wildman–Crippen MR) is 72.0 cm³/mol. The Morgan fingerprint density at radius 3 is 2.00 bits per heavy atom. The maximum atomic E-state index is 5.79. The fourth-order valence-electron chi connectivity index (χ4n) is 0.532. The number of hydrogen-bond acceptors (Lipinski definition) is 1. The van der Waals surface area contributed by atoms with Gasteiger partial charge in [-0.05, 0) is 39.3 Å². The number of halogens is 1. The summed E-state index contributed by atoms with van der Waals surface area (Å²) in [6, 6.07) is 0. The summed E-state index contributed by atoms with van der Waals surface area (Å²) in [6.07, 6.45) is 7.41. The molecule has 0 saturated heterocycles. The Balaban J connectivity index is 0. The highest BCUT2D eigenvalue weighted by Gasteiger charge is 1.92. The first kappa shape index (κ1) is 16.6. The molecule has 0 bridgehead atoms. The molecule has 0 radical (unpaired) electrons. The molecule has 0 aromatic rings. The van der Waals surface area contributed by atoms with Crippen molar-refractivity contribution in [1.29, 1.82) is 0 Å². The summed E-state index contributed by atoms with van der Waals surface area (Å²) in [5, 5.41) is 0.667. The highest BCUT2D eigenvalue weighted by atomic mass is 35.5. The second kappa shape index (κ2) is 11.3. The van der Waals surface area contributed by atoms with Crippen molar-refractivity contribution in [2.75, 3.05) is 6.54 Å². The van der Waals surface area contributed by atoms with E-state index in [-0.39, 0.29) is 0 Å². The van der Waals surface area contributed by atoms with Gasteiger partial charge in [0.2, 0.25) is 0 Å². The van der Waals surface area contributed by atoms with E-state index >= 15 is 0 Å². The quantitative estimate of drug-likeness (QED) is 0.568. The standard InChI is InChI=1S/C8H12ClN.C5H10/c1-3-5-8(9)7(4-2)6-10;1-4-5(2)3/h3-5H,2,6,10H2,1H3;4H,1-3H3/b5-3-,8-7-;. The maximum Gasteiger partial charge on any atom is 0.0447 e. The van der Waals surface area contributed by atoms with Crippen LogP contribution in [0.5, 0.6) is 0 Å². The van der Waals surface area contributed by atoms with Crippen LogP contribution in [0.3, 0.4) is 0 Å². The van der Waals surface area contributed by atoms with E-state index in [1.54, 1.807) is 12.2 Å². The number of nitrogens with two attached hydrogens (primary N) is 1. The van der Waals surface area contributed by atoms with Crippen molar-refractivity contribution in [3.05, 3.63) is 47.1 Å². The van der Waals surface area contributed by atoms with Crippen LogP contribution in [0.25, 0.3) is 0 Å². The lowest BCUT2D eigenvalue weighted by atomic mass is 10.2. The first-order chi connectivity index (χ1) is 7.03. The molecule has 0 aliphatic carbocycles. The number of allylic oxidation sites excluding steroid dienone is 5. The molecule has 0 aliphatic rings. The summed E-state index contributed by atoms with van der Waals surface area (Å²) in [5.74, 6) is 0. The molecule has 0 atom stereocenters. The average molecular weight is 228 g/mol. The lowest BCUT2D eigenvalue weighted by molar-refractivity contribution is 1.18. The zero-order valence-corrected chi connectivity index (χ0v) is 10.9. The zero-order valence-electron chi connectivity index (χ0n) is 10.2. The summed E-state index contributed by atoms with van der Waals surface area (Å²) < 4.78 is 0. The van der Waals surface area contributed by atoms with Gasteiger partial charge in [-0.3, -0.25) is 0 Å². The van der Waals surface area contributed by atoms with Crippen molar-refractivity contribution in [3.8, 4) is 0 Å². The van der Waals surface area contributed by atoms with E-state index in [2.05, 4.69) is 26.5 Å². The van der Waals surface area contributed by atoms with Crippen LogP contribution in [0.2, 0.25) is 0 Å². The molecule has 0 fully saturated rings. The lowest BCUT2D eigenvalue weighted by Gasteiger charge is -1.96. The molecule has 0 spiro atoms. The van der Waals surface area contributed by atoms with E-state index in [1.807, 2.05) is 19.9 Å². The zero-order chi connectivity index (χ0) is 12.3. The third-order valence-electron chi connectivity index (χ3n) is 1.66. The van der Waals surface area contributed by atoms with Gasteiger partial charge in [-0.25, -0.2) is 0 Å². The second-order valence-corrected chi connectivity index (χ2v) is 3.55. The van der Waals surface area contributed by atoms with E-state index in [0.717, 1.165) is 5.57 Å². The van der Waals surface area contributed by atoms with Crippen LogP contribution >= 0.6 is 11.6 Å². The van der Waals surface area contributed by atoms with Gasteiger partial charge in [0.25, 0.3) is 0 Å². The molecule has 1 nitrogen and oxygen atoms in total. The fourth-order valence-corrected chi connectivity index (χ4v) is 0.812. The monoisotopic (exact) mass is 227 g/mol. The van der Waals surface area contributed by atoms with E-state index < -0.39 is 0 Å². The van der Waals surface area contributed by atoms with E-state index in [4.69, 9.17) is 17.3 Å². The Labute approximate surface area is 99.0 Å². The van der Waals surface area contributed by atoms with Crippen molar-refractivity contribution in [2.24, 2.45) is 5.73 Å². The van der Waals surface area contributed by atoms with Gasteiger partial charge in [0.1, 0.15) is 0 Å². The van der Waals surface area contributed by atoms with Crippen molar-refractivity contribution >= 4 is 11.6 Å². The molecule has 2 heteroatoms. The van der Waals surface area contributed by atoms with Crippen molar-refractivity contribution in [1.82, 2.24) is 0 Å². The highest BCUT2D eigenvalue weighted by molar-refractivity contribution is 6.31. The van der Waals surface area contributed by atoms with Gasteiger partial charge in [0, 0.05) is 11.6 Å². The van der Waals surface area contributed by atoms with E-state index in [1.165, 1.54) is 5.57 Å². The van der Waals surface area contributed by atoms with Gasteiger partial charge in [0.05, 0.1) is 0 Å². The van der Waals surface area contributed by atoms with Crippen LogP contribution in [-0.2, 0) is 0 Å². The minimum Gasteiger partial charge on any atom is -0.326 e. The average Bonchev–Trinajstić information content (AvgIpc) is 2.21. The summed E-state index contributed by atoms with van der Waals surface area (Å²) in [4.78, 5) is 0. The van der Waals surface area contributed by atoms with Gasteiger partial charge >= 0.3 is 0 Å². The lowest BCUT2D eigenvalue weighted by Crippen LogP contribution is -2.01. The Kier molecular flexibility index (Phi) is 12.5. The molecule has 2 N–H and O–H groups in total. The Morgan fingerprint density at radius 1 is 1.33 bits per heavy atom. The largest absolute Gasteiger partial charge is 0.326 e. The normalized spacial score (nSPS) is 11.3. The smallest absolute Gasteiger partial charge is 0.0447 e. The SMILES string of the molecule is C=C/C(CN)=C(Cl)\C=C/C.CC=C(C)C. The van der Waals surface area contributed by atoms with Gasteiger partial charge in [-0.15, -0.1) is 0 Å². The van der Waals surface area contributed by atoms with Crippen LogP contribution in [-0.4, -0.2) is 6.54 Å². The molecule has 0 aliphatic heterocycles. The summed E-state index contributed by atoms with van der Waals surface area (Å²) in [5.41, 5.74) is 7.62. The van der Waals surface area contributed by atoms with Crippen LogP contribution < -0.4 is 5.73 Å². The summed E-state index contributed by atoms with van der Waals surface area (Å²) in [7, 11) is 0. The molecule has 0 aromatic carbocycles.